The molecule has 0 bridgehead atoms. The number of anilines is 2. The van der Waals surface area contributed by atoms with Gasteiger partial charge in [-0.05, 0) is 35.9 Å². The van der Waals surface area contributed by atoms with Crippen molar-refractivity contribution in [2.45, 2.75) is 0 Å². The molecule has 1 N–H and O–H groups in total. The number of pyridine rings is 1. The van der Waals surface area contributed by atoms with Crippen LogP contribution in [0, 0.1) is 0 Å². The maximum absolute atomic E-state index is 5.46. The van der Waals surface area contributed by atoms with Crippen molar-refractivity contribution in [1.82, 2.24) is 19.6 Å². The van der Waals surface area contributed by atoms with Crippen LogP contribution < -0.4 is 14.8 Å². The minimum absolute atomic E-state index is 0.256. The van der Waals surface area contributed by atoms with Crippen molar-refractivity contribution < 1.29 is 9.47 Å². The fourth-order valence-corrected chi connectivity index (χ4v) is 2.79. The molecular weight excluding hydrogens is 318 g/mol. The van der Waals surface area contributed by atoms with E-state index in [1.165, 1.54) is 0 Å². The topological polar surface area (TPSA) is 73.6 Å². The molecule has 5 rings (SSSR count). The number of fused-ring (bicyclic) bond motifs is 2. The Kier molecular flexibility index (Phi) is 3.03. The summed E-state index contributed by atoms with van der Waals surface area (Å²) in [6.07, 6.45) is 7.15. The van der Waals surface area contributed by atoms with Crippen molar-refractivity contribution >= 4 is 17.2 Å². The van der Waals surface area contributed by atoms with Crippen LogP contribution in [-0.2, 0) is 0 Å². The lowest BCUT2D eigenvalue weighted by atomic mass is 10.1. The molecule has 7 nitrogen and oxygen atoms in total. The Morgan fingerprint density at radius 1 is 1.00 bits per heavy atom. The molecule has 4 aromatic rings. The van der Waals surface area contributed by atoms with Crippen LogP contribution in [0.3, 0.4) is 0 Å². The van der Waals surface area contributed by atoms with Crippen molar-refractivity contribution in [3.05, 3.63) is 61.2 Å². The summed E-state index contributed by atoms with van der Waals surface area (Å²) in [4.78, 5) is 8.71. The van der Waals surface area contributed by atoms with Crippen molar-refractivity contribution in [3.63, 3.8) is 0 Å². The van der Waals surface area contributed by atoms with Crippen LogP contribution in [0.15, 0.2) is 61.2 Å². The summed E-state index contributed by atoms with van der Waals surface area (Å²) in [5, 5.41) is 7.65. The molecule has 1 aliphatic heterocycles. The van der Waals surface area contributed by atoms with E-state index in [9.17, 15) is 0 Å². The molecule has 0 aliphatic carbocycles. The molecule has 4 heterocycles. The predicted octanol–water partition coefficient (Wildman–Crippen LogP) is 3.26. The number of hydrogen-bond donors (Lipinski definition) is 1. The van der Waals surface area contributed by atoms with Gasteiger partial charge in [-0.25, -0.2) is 9.50 Å². The Labute approximate surface area is 142 Å². The van der Waals surface area contributed by atoms with Crippen LogP contribution in [0.5, 0.6) is 11.5 Å². The lowest BCUT2D eigenvalue weighted by Crippen LogP contribution is -1.97. The smallest absolute Gasteiger partial charge is 0.231 e. The Morgan fingerprint density at radius 3 is 2.80 bits per heavy atom. The van der Waals surface area contributed by atoms with E-state index in [1.807, 2.05) is 42.6 Å². The number of ether oxygens (including phenoxy) is 2. The molecule has 7 heteroatoms. The van der Waals surface area contributed by atoms with Crippen molar-refractivity contribution in [3.8, 4) is 22.6 Å². The van der Waals surface area contributed by atoms with Gasteiger partial charge in [0.25, 0.3) is 0 Å². The van der Waals surface area contributed by atoms with E-state index >= 15 is 0 Å². The SMILES string of the molecule is c1cc(Nc2ccn3ncc(-c4ccc5c(c4)OCO5)c3n2)ccn1. The molecule has 1 aliphatic rings. The molecule has 0 saturated heterocycles. The average Bonchev–Trinajstić information content (AvgIpc) is 3.28. The Morgan fingerprint density at radius 2 is 1.88 bits per heavy atom. The van der Waals surface area contributed by atoms with Crippen LogP contribution in [0.1, 0.15) is 0 Å². The van der Waals surface area contributed by atoms with Gasteiger partial charge in [-0.15, -0.1) is 0 Å². The number of nitrogens with one attached hydrogen (secondary N) is 1. The van der Waals surface area contributed by atoms with Crippen LogP contribution in [-0.4, -0.2) is 26.4 Å². The zero-order chi connectivity index (χ0) is 16.6. The summed E-state index contributed by atoms with van der Waals surface area (Å²) < 4.78 is 12.6. The number of hydrogen-bond acceptors (Lipinski definition) is 6. The van der Waals surface area contributed by atoms with Crippen LogP contribution >= 0.6 is 0 Å². The first kappa shape index (κ1) is 13.8. The molecule has 0 spiro atoms. The van der Waals surface area contributed by atoms with Gasteiger partial charge in [0, 0.05) is 29.8 Å². The summed E-state index contributed by atoms with van der Waals surface area (Å²) in [5.74, 6) is 2.23. The minimum atomic E-state index is 0.256. The Balaban J connectivity index is 1.56. The second-order valence-corrected chi connectivity index (χ2v) is 5.57. The highest BCUT2D eigenvalue weighted by Gasteiger charge is 2.16. The number of benzene rings is 1. The predicted molar refractivity (Wildman–Crippen MR) is 92.1 cm³/mol. The van der Waals surface area contributed by atoms with Crippen LogP contribution in [0.4, 0.5) is 11.5 Å². The van der Waals surface area contributed by atoms with Gasteiger partial charge >= 0.3 is 0 Å². The summed E-state index contributed by atoms with van der Waals surface area (Å²) in [5.41, 5.74) is 3.60. The summed E-state index contributed by atoms with van der Waals surface area (Å²) in [6, 6.07) is 11.5. The van der Waals surface area contributed by atoms with Crippen molar-refractivity contribution in [2.75, 3.05) is 12.1 Å². The molecule has 0 saturated carbocycles. The lowest BCUT2D eigenvalue weighted by Gasteiger charge is -2.06. The van der Waals surface area contributed by atoms with Gasteiger partial charge in [0.1, 0.15) is 5.82 Å². The lowest BCUT2D eigenvalue weighted by molar-refractivity contribution is 0.174. The summed E-state index contributed by atoms with van der Waals surface area (Å²) in [7, 11) is 0. The molecule has 122 valence electrons. The fraction of sp³-hybridized carbons (Fsp3) is 0.0556. The average molecular weight is 331 g/mol. The zero-order valence-corrected chi connectivity index (χ0v) is 13.1. The summed E-state index contributed by atoms with van der Waals surface area (Å²) in [6.45, 7) is 0.256. The maximum atomic E-state index is 5.46. The fourth-order valence-electron chi connectivity index (χ4n) is 2.79. The van der Waals surface area contributed by atoms with E-state index in [1.54, 1.807) is 23.1 Å². The van der Waals surface area contributed by atoms with Crippen molar-refractivity contribution in [2.24, 2.45) is 0 Å². The van der Waals surface area contributed by atoms with E-state index in [0.29, 0.717) is 0 Å². The largest absolute Gasteiger partial charge is 0.454 e. The van der Waals surface area contributed by atoms with Gasteiger partial charge < -0.3 is 14.8 Å². The normalized spacial score (nSPS) is 12.5. The van der Waals surface area contributed by atoms with Gasteiger partial charge in [0.05, 0.1) is 6.20 Å². The summed E-state index contributed by atoms with van der Waals surface area (Å²) >= 11 is 0. The first-order valence-corrected chi connectivity index (χ1v) is 7.78. The number of rotatable bonds is 3. The monoisotopic (exact) mass is 331 g/mol. The Bertz CT molecular complexity index is 1060. The van der Waals surface area contributed by atoms with E-state index < -0.39 is 0 Å². The van der Waals surface area contributed by atoms with Crippen LogP contribution in [0.2, 0.25) is 0 Å². The van der Waals surface area contributed by atoms with Gasteiger partial charge in [-0.2, -0.15) is 5.10 Å². The number of nitrogens with zero attached hydrogens (tertiary/aromatic N) is 4. The first-order chi connectivity index (χ1) is 12.4. The molecule has 1 aromatic carbocycles. The third-order valence-corrected chi connectivity index (χ3v) is 4.01. The molecule has 25 heavy (non-hydrogen) atoms. The quantitative estimate of drug-likeness (QED) is 0.621. The molecule has 0 unspecified atom stereocenters. The van der Waals surface area contributed by atoms with Gasteiger partial charge in [0.15, 0.2) is 17.1 Å². The second kappa shape index (κ2) is 5.48. The van der Waals surface area contributed by atoms with Gasteiger partial charge in [-0.3, -0.25) is 4.98 Å². The van der Waals surface area contributed by atoms with E-state index in [4.69, 9.17) is 14.5 Å². The highest BCUT2D eigenvalue weighted by atomic mass is 16.7. The third-order valence-electron chi connectivity index (χ3n) is 4.01. The highest BCUT2D eigenvalue weighted by Crippen LogP contribution is 2.36. The molecular formula is C18H13N5O2. The van der Waals surface area contributed by atoms with E-state index in [2.05, 4.69) is 15.4 Å². The Hall–Kier alpha value is -3.61. The third kappa shape index (κ3) is 2.42. The van der Waals surface area contributed by atoms with Crippen molar-refractivity contribution in [1.29, 1.82) is 0 Å². The molecule has 0 fully saturated rings. The molecule has 0 atom stereocenters. The maximum Gasteiger partial charge on any atom is 0.231 e. The zero-order valence-electron chi connectivity index (χ0n) is 13.1. The van der Waals surface area contributed by atoms with E-state index in [0.717, 1.165) is 39.8 Å². The molecule has 0 amide bonds. The minimum Gasteiger partial charge on any atom is -0.454 e. The second-order valence-electron chi connectivity index (χ2n) is 5.57. The van der Waals surface area contributed by atoms with Gasteiger partial charge in [0.2, 0.25) is 6.79 Å². The standard InChI is InChI=1S/C18H13N5O2/c1-2-15-16(25-11-24-15)9-12(1)14-10-20-23-8-5-17(22-18(14)23)21-13-3-6-19-7-4-13/h1-10H,11H2,(H,19,21,22). The highest BCUT2D eigenvalue weighted by molar-refractivity contribution is 5.79. The molecule has 3 aromatic heterocycles. The molecule has 0 radical (unpaired) electrons. The van der Waals surface area contributed by atoms with Crippen LogP contribution in [0.25, 0.3) is 16.8 Å². The van der Waals surface area contributed by atoms with Gasteiger partial charge in [-0.1, -0.05) is 6.07 Å². The first-order valence-electron chi connectivity index (χ1n) is 7.78. The number of aromatic nitrogens is 4. The van der Waals surface area contributed by atoms with E-state index in [-0.39, 0.29) is 6.79 Å².